The number of fused-ring (bicyclic) bond motifs is 1. The van der Waals surface area contributed by atoms with Gasteiger partial charge in [0, 0.05) is 13.2 Å². The number of aromatic amines is 1. The Balaban J connectivity index is 2.38. The summed E-state index contributed by atoms with van der Waals surface area (Å²) in [6, 6.07) is 14.1. The molecule has 0 radical (unpaired) electrons. The van der Waals surface area contributed by atoms with Crippen molar-refractivity contribution in [2.24, 2.45) is 7.05 Å². The van der Waals surface area contributed by atoms with Gasteiger partial charge in [-0.3, -0.25) is 14.6 Å². The predicted molar refractivity (Wildman–Crippen MR) is 69.0 cm³/mol. The second-order valence-corrected chi connectivity index (χ2v) is 4.12. The van der Waals surface area contributed by atoms with Crippen molar-refractivity contribution < 1.29 is 0 Å². The van der Waals surface area contributed by atoms with Gasteiger partial charge < -0.3 is 0 Å². The van der Waals surface area contributed by atoms with Crippen LogP contribution in [-0.4, -0.2) is 9.78 Å². The second kappa shape index (κ2) is 3.63. The first-order valence-electron chi connectivity index (χ1n) is 5.49. The van der Waals surface area contributed by atoms with Gasteiger partial charge in [0.2, 0.25) is 0 Å². The first-order chi connectivity index (χ1) is 8.25. The van der Waals surface area contributed by atoms with E-state index >= 15 is 0 Å². The van der Waals surface area contributed by atoms with Crippen LogP contribution in [0.2, 0.25) is 0 Å². The van der Waals surface area contributed by atoms with E-state index in [0.717, 1.165) is 16.3 Å². The van der Waals surface area contributed by atoms with Crippen LogP contribution in [0.1, 0.15) is 0 Å². The van der Waals surface area contributed by atoms with Crippen molar-refractivity contribution in [2.45, 2.75) is 0 Å². The highest BCUT2D eigenvalue weighted by Crippen LogP contribution is 2.25. The minimum Gasteiger partial charge on any atom is -0.295 e. The average Bonchev–Trinajstić information content (AvgIpc) is 2.68. The Kier molecular flexibility index (Phi) is 2.11. The number of nitrogens with zero attached hydrogens (tertiary/aromatic N) is 1. The Labute approximate surface area is 98.3 Å². The molecular formula is C14H12N2O. The number of hydrogen-bond acceptors (Lipinski definition) is 1. The molecule has 1 N–H and O–H groups in total. The first-order valence-corrected chi connectivity index (χ1v) is 5.49. The number of aromatic nitrogens is 2. The molecule has 17 heavy (non-hydrogen) atoms. The zero-order valence-electron chi connectivity index (χ0n) is 9.47. The zero-order valence-corrected chi connectivity index (χ0v) is 9.47. The molecule has 0 bridgehead atoms. The smallest absolute Gasteiger partial charge is 0.271 e. The predicted octanol–water partition coefficient (Wildman–Crippen LogP) is 2.53. The molecule has 3 heteroatoms. The van der Waals surface area contributed by atoms with Crippen LogP contribution >= 0.6 is 0 Å². The number of benzene rings is 2. The third-order valence-electron chi connectivity index (χ3n) is 2.93. The minimum absolute atomic E-state index is 0.0520. The molecule has 3 aromatic rings. The monoisotopic (exact) mass is 224 g/mol. The summed E-state index contributed by atoms with van der Waals surface area (Å²) >= 11 is 0. The number of nitrogens with one attached hydrogen (secondary N) is 1. The third-order valence-corrected chi connectivity index (χ3v) is 2.93. The van der Waals surface area contributed by atoms with Crippen LogP contribution in [0.5, 0.6) is 0 Å². The maximum absolute atomic E-state index is 11.8. The van der Waals surface area contributed by atoms with E-state index in [9.17, 15) is 4.79 Å². The van der Waals surface area contributed by atoms with E-state index in [1.807, 2.05) is 43.6 Å². The normalized spacial score (nSPS) is 10.9. The Morgan fingerprint density at radius 1 is 1.00 bits per heavy atom. The highest BCUT2D eigenvalue weighted by Gasteiger charge is 2.08. The quantitative estimate of drug-likeness (QED) is 0.677. The molecule has 1 heterocycles. The number of aryl methyl sites for hydroxylation is 1. The molecule has 84 valence electrons. The highest BCUT2D eigenvalue weighted by molar-refractivity contribution is 5.96. The molecule has 0 saturated carbocycles. The molecule has 0 aliphatic heterocycles. The van der Waals surface area contributed by atoms with Gasteiger partial charge in [-0.25, -0.2) is 0 Å². The molecule has 1 aromatic heterocycles. The minimum atomic E-state index is -0.0520. The zero-order chi connectivity index (χ0) is 11.8. The van der Waals surface area contributed by atoms with Crippen molar-refractivity contribution in [3.05, 3.63) is 59.0 Å². The second-order valence-electron chi connectivity index (χ2n) is 4.12. The summed E-state index contributed by atoms with van der Waals surface area (Å²) in [5.74, 6) is 0. The molecule has 0 atom stereocenters. The van der Waals surface area contributed by atoms with Crippen LogP contribution in [-0.2, 0) is 7.05 Å². The van der Waals surface area contributed by atoms with Crippen molar-refractivity contribution in [3.8, 4) is 11.1 Å². The van der Waals surface area contributed by atoms with Crippen LogP contribution in [0.15, 0.2) is 53.5 Å². The number of H-pyrrole nitrogens is 1. The van der Waals surface area contributed by atoms with Crippen molar-refractivity contribution in [2.75, 3.05) is 0 Å². The van der Waals surface area contributed by atoms with Crippen LogP contribution < -0.4 is 5.56 Å². The van der Waals surface area contributed by atoms with E-state index in [0.29, 0.717) is 5.56 Å². The molecule has 0 unspecified atom stereocenters. The molecule has 0 aliphatic carbocycles. The molecule has 2 aromatic carbocycles. The van der Waals surface area contributed by atoms with Crippen LogP contribution in [0.3, 0.4) is 0 Å². The molecule has 0 fully saturated rings. The Morgan fingerprint density at radius 3 is 2.53 bits per heavy atom. The maximum atomic E-state index is 11.8. The van der Waals surface area contributed by atoms with E-state index in [-0.39, 0.29) is 5.56 Å². The van der Waals surface area contributed by atoms with Gasteiger partial charge in [-0.2, -0.15) is 0 Å². The third kappa shape index (κ3) is 1.56. The number of rotatable bonds is 1. The van der Waals surface area contributed by atoms with Gasteiger partial charge in [-0.1, -0.05) is 42.5 Å². The lowest BCUT2D eigenvalue weighted by molar-refractivity contribution is 0.756. The Morgan fingerprint density at radius 2 is 1.76 bits per heavy atom. The van der Waals surface area contributed by atoms with Crippen molar-refractivity contribution in [1.29, 1.82) is 0 Å². The summed E-state index contributed by atoms with van der Waals surface area (Å²) in [4.78, 5) is 11.8. The number of hydrogen-bond donors (Lipinski definition) is 1. The van der Waals surface area contributed by atoms with E-state index in [4.69, 9.17) is 0 Å². The van der Waals surface area contributed by atoms with Gasteiger partial charge in [0.05, 0.1) is 5.56 Å². The van der Waals surface area contributed by atoms with E-state index in [2.05, 4.69) is 17.2 Å². The fraction of sp³-hybridized carbons (Fsp3) is 0.0714. The average molecular weight is 224 g/mol. The fourth-order valence-electron chi connectivity index (χ4n) is 2.16. The SMILES string of the molecule is Cn1cc(-c2cccc3ccccc23)c(=O)[nH]1. The van der Waals surface area contributed by atoms with Gasteiger partial charge in [-0.05, 0) is 16.3 Å². The van der Waals surface area contributed by atoms with Gasteiger partial charge in [0.25, 0.3) is 5.56 Å². The van der Waals surface area contributed by atoms with E-state index in [1.165, 1.54) is 0 Å². The fourth-order valence-corrected chi connectivity index (χ4v) is 2.16. The van der Waals surface area contributed by atoms with Gasteiger partial charge in [0.1, 0.15) is 0 Å². The van der Waals surface area contributed by atoms with Crippen molar-refractivity contribution in [1.82, 2.24) is 9.78 Å². The molecule has 3 rings (SSSR count). The van der Waals surface area contributed by atoms with Crippen molar-refractivity contribution >= 4 is 10.8 Å². The molecular weight excluding hydrogens is 212 g/mol. The summed E-state index contributed by atoms with van der Waals surface area (Å²) in [5, 5.41) is 4.98. The summed E-state index contributed by atoms with van der Waals surface area (Å²) in [5.41, 5.74) is 1.64. The van der Waals surface area contributed by atoms with Gasteiger partial charge in [0.15, 0.2) is 0 Å². The summed E-state index contributed by atoms with van der Waals surface area (Å²) in [6.45, 7) is 0. The highest BCUT2D eigenvalue weighted by atomic mass is 16.1. The van der Waals surface area contributed by atoms with Crippen LogP contribution in [0, 0.1) is 0 Å². The van der Waals surface area contributed by atoms with Crippen LogP contribution in [0.4, 0.5) is 0 Å². The van der Waals surface area contributed by atoms with E-state index < -0.39 is 0 Å². The molecule has 0 spiro atoms. The molecule has 0 aliphatic rings. The molecule has 0 saturated heterocycles. The summed E-state index contributed by atoms with van der Waals surface area (Å²) in [6.07, 6.45) is 1.82. The lowest BCUT2D eigenvalue weighted by atomic mass is 10.0. The largest absolute Gasteiger partial charge is 0.295 e. The van der Waals surface area contributed by atoms with Gasteiger partial charge >= 0.3 is 0 Å². The summed E-state index contributed by atoms with van der Waals surface area (Å²) in [7, 11) is 1.82. The standard InChI is InChI=1S/C14H12N2O/c1-16-9-13(14(17)15-16)12-8-4-6-10-5-2-3-7-11(10)12/h2-9H,1H3,(H,15,17). The Bertz CT molecular complexity index is 732. The van der Waals surface area contributed by atoms with Gasteiger partial charge in [-0.15, -0.1) is 0 Å². The van der Waals surface area contributed by atoms with E-state index in [1.54, 1.807) is 4.68 Å². The van der Waals surface area contributed by atoms with Crippen molar-refractivity contribution in [3.63, 3.8) is 0 Å². The maximum Gasteiger partial charge on any atom is 0.271 e. The van der Waals surface area contributed by atoms with Crippen LogP contribution in [0.25, 0.3) is 21.9 Å². The summed E-state index contributed by atoms with van der Waals surface area (Å²) < 4.78 is 1.68. The first kappa shape index (κ1) is 9.90. The lowest BCUT2D eigenvalue weighted by Gasteiger charge is -2.02. The lowest BCUT2D eigenvalue weighted by Crippen LogP contribution is -2.03. The topological polar surface area (TPSA) is 37.8 Å². The Hall–Kier alpha value is -2.29. The molecule has 3 nitrogen and oxygen atoms in total. The molecule has 0 amide bonds.